The van der Waals surface area contributed by atoms with E-state index < -0.39 is 0 Å². The van der Waals surface area contributed by atoms with E-state index in [2.05, 4.69) is 28.5 Å². The summed E-state index contributed by atoms with van der Waals surface area (Å²) in [7, 11) is 0. The molecule has 1 unspecified atom stereocenters. The maximum atomic E-state index is 4.34. The number of nitrogens with one attached hydrogen (secondary N) is 1. The van der Waals surface area contributed by atoms with Gasteiger partial charge in [0.15, 0.2) is 4.34 Å². The van der Waals surface area contributed by atoms with Crippen molar-refractivity contribution in [1.82, 2.24) is 14.7 Å². The fourth-order valence-corrected chi connectivity index (χ4v) is 3.24. The summed E-state index contributed by atoms with van der Waals surface area (Å²) >= 11 is 3.34. The minimum absolute atomic E-state index is 0.682. The number of aryl methyl sites for hydroxylation is 1. The van der Waals surface area contributed by atoms with E-state index in [1.165, 1.54) is 30.8 Å². The number of hydrogen-bond acceptors (Lipinski definition) is 5. The normalized spacial score (nSPS) is 12.9. The zero-order valence-corrected chi connectivity index (χ0v) is 12.0. The standard InChI is InChI=1S/C11H21N3S2/c1-4-10(12-5-2)7-6-8-15-11-13-9(3)14-16-11/h10,12H,4-8H2,1-3H3. The molecule has 1 heterocycles. The fraction of sp³-hybridized carbons (Fsp3) is 0.818. The fourth-order valence-electron chi connectivity index (χ4n) is 1.57. The van der Waals surface area contributed by atoms with E-state index in [4.69, 9.17) is 0 Å². The summed E-state index contributed by atoms with van der Waals surface area (Å²) in [5.74, 6) is 2.04. The summed E-state index contributed by atoms with van der Waals surface area (Å²) in [5.41, 5.74) is 0. The molecule has 1 rings (SSSR count). The summed E-state index contributed by atoms with van der Waals surface area (Å²) in [4.78, 5) is 4.34. The molecule has 0 fully saturated rings. The first-order valence-corrected chi connectivity index (χ1v) is 7.68. The summed E-state index contributed by atoms with van der Waals surface area (Å²) in [6, 6.07) is 0.682. The Morgan fingerprint density at radius 1 is 1.44 bits per heavy atom. The lowest BCUT2D eigenvalue weighted by molar-refractivity contribution is 0.477. The smallest absolute Gasteiger partial charge is 0.170 e. The van der Waals surface area contributed by atoms with Crippen LogP contribution in [0.25, 0.3) is 0 Å². The van der Waals surface area contributed by atoms with Gasteiger partial charge in [0.1, 0.15) is 5.82 Å². The third kappa shape index (κ3) is 5.27. The second-order valence-electron chi connectivity index (χ2n) is 3.76. The summed E-state index contributed by atoms with van der Waals surface area (Å²) in [5, 5.41) is 3.50. The lowest BCUT2D eigenvalue weighted by atomic mass is 10.1. The van der Waals surface area contributed by atoms with E-state index in [0.29, 0.717) is 6.04 Å². The van der Waals surface area contributed by atoms with Crippen LogP contribution in [0.4, 0.5) is 0 Å². The number of rotatable bonds is 8. The highest BCUT2D eigenvalue weighted by Gasteiger charge is 2.05. The Kier molecular flexibility index (Phi) is 7.00. The maximum Gasteiger partial charge on any atom is 0.170 e. The van der Waals surface area contributed by atoms with Crippen molar-refractivity contribution < 1.29 is 0 Å². The molecule has 0 saturated carbocycles. The van der Waals surface area contributed by atoms with Crippen molar-refractivity contribution in [3.63, 3.8) is 0 Å². The molecule has 0 aliphatic rings. The average Bonchev–Trinajstić information content (AvgIpc) is 2.69. The molecule has 0 spiro atoms. The van der Waals surface area contributed by atoms with E-state index in [0.717, 1.165) is 22.5 Å². The first-order valence-electron chi connectivity index (χ1n) is 5.92. The predicted molar refractivity (Wildman–Crippen MR) is 72.4 cm³/mol. The number of thioether (sulfide) groups is 1. The Labute approximate surface area is 107 Å². The Hall–Kier alpha value is -0.130. The quantitative estimate of drug-likeness (QED) is 0.575. The van der Waals surface area contributed by atoms with E-state index >= 15 is 0 Å². The molecule has 1 aromatic rings. The van der Waals surface area contributed by atoms with Gasteiger partial charge >= 0.3 is 0 Å². The Balaban J connectivity index is 2.11. The van der Waals surface area contributed by atoms with Crippen LogP contribution >= 0.6 is 23.3 Å². The largest absolute Gasteiger partial charge is 0.314 e. The second-order valence-corrected chi connectivity index (χ2v) is 5.85. The SMILES string of the molecule is CCNC(CC)CCCSc1nc(C)ns1. The van der Waals surface area contributed by atoms with E-state index in [1.54, 1.807) is 0 Å². The molecular formula is C11H21N3S2. The first-order chi connectivity index (χ1) is 7.76. The molecule has 0 amide bonds. The molecule has 0 aromatic carbocycles. The minimum Gasteiger partial charge on any atom is -0.314 e. The molecule has 1 atom stereocenters. The Morgan fingerprint density at radius 3 is 2.81 bits per heavy atom. The summed E-state index contributed by atoms with van der Waals surface area (Å²) < 4.78 is 5.28. The van der Waals surface area contributed by atoms with Gasteiger partial charge in [0.25, 0.3) is 0 Å². The van der Waals surface area contributed by atoms with Gasteiger partial charge in [-0.1, -0.05) is 25.6 Å². The lowest BCUT2D eigenvalue weighted by Gasteiger charge is -2.14. The van der Waals surface area contributed by atoms with E-state index in [1.807, 2.05) is 18.7 Å². The highest BCUT2D eigenvalue weighted by molar-refractivity contribution is 8.00. The third-order valence-corrected chi connectivity index (χ3v) is 4.43. The molecule has 1 aromatic heterocycles. The van der Waals surface area contributed by atoms with Crippen LogP contribution in [0.2, 0.25) is 0 Å². The first kappa shape index (κ1) is 13.9. The second kappa shape index (κ2) is 8.03. The molecular weight excluding hydrogens is 238 g/mol. The molecule has 16 heavy (non-hydrogen) atoms. The van der Waals surface area contributed by atoms with E-state index in [9.17, 15) is 0 Å². The van der Waals surface area contributed by atoms with Crippen LogP contribution in [0.15, 0.2) is 4.34 Å². The highest BCUT2D eigenvalue weighted by atomic mass is 32.2. The third-order valence-electron chi connectivity index (χ3n) is 2.42. The number of aromatic nitrogens is 2. The van der Waals surface area contributed by atoms with Crippen LogP contribution in [-0.2, 0) is 0 Å². The predicted octanol–water partition coefficient (Wildman–Crippen LogP) is 3.11. The van der Waals surface area contributed by atoms with Gasteiger partial charge in [-0.15, -0.1) is 0 Å². The van der Waals surface area contributed by atoms with Crippen molar-refractivity contribution in [2.24, 2.45) is 0 Å². The summed E-state index contributed by atoms with van der Waals surface area (Å²) in [6.07, 6.45) is 3.72. The number of nitrogens with zero attached hydrogens (tertiary/aromatic N) is 2. The van der Waals surface area contributed by atoms with Gasteiger partial charge in [-0.05, 0) is 44.3 Å². The zero-order valence-electron chi connectivity index (χ0n) is 10.3. The van der Waals surface area contributed by atoms with Crippen molar-refractivity contribution in [2.45, 2.75) is 50.4 Å². The molecule has 0 aliphatic carbocycles. The molecule has 92 valence electrons. The van der Waals surface area contributed by atoms with Gasteiger partial charge in [0.05, 0.1) is 0 Å². The Morgan fingerprint density at radius 2 is 2.25 bits per heavy atom. The van der Waals surface area contributed by atoms with Crippen LogP contribution < -0.4 is 5.32 Å². The van der Waals surface area contributed by atoms with Gasteiger partial charge in [-0.25, -0.2) is 4.98 Å². The molecule has 3 nitrogen and oxygen atoms in total. The molecule has 0 radical (unpaired) electrons. The van der Waals surface area contributed by atoms with Gasteiger partial charge in [0, 0.05) is 11.8 Å². The lowest BCUT2D eigenvalue weighted by Crippen LogP contribution is -2.28. The van der Waals surface area contributed by atoms with Gasteiger partial charge in [-0.2, -0.15) is 4.37 Å². The van der Waals surface area contributed by atoms with Crippen LogP contribution in [0, 0.1) is 6.92 Å². The number of hydrogen-bond donors (Lipinski definition) is 1. The average molecular weight is 259 g/mol. The van der Waals surface area contributed by atoms with Gasteiger partial charge in [-0.3, -0.25) is 0 Å². The van der Waals surface area contributed by atoms with Crippen molar-refractivity contribution in [2.75, 3.05) is 12.3 Å². The molecule has 0 saturated heterocycles. The van der Waals surface area contributed by atoms with Gasteiger partial charge in [0.2, 0.25) is 0 Å². The Bertz CT molecular complexity index is 289. The molecule has 1 N–H and O–H groups in total. The van der Waals surface area contributed by atoms with E-state index in [-0.39, 0.29) is 0 Å². The molecule has 0 aliphatic heterocycles. The molecule has 5 heteroatoms. The van der Waals surface area contributed by atoms with Crippen molar-refractivity contribution in [1.29, 1.82) is 0 Å². The highest BCUT2D eigenvalue weighted by Crippen LogP contribution is 2.21. The van der Waals surface area contributed by atoms with Crippen molar-refractivity contribution in [3.8, 4) is 0 Å². The topological polar surface area (TPSA) is 37.8 Å². The zero-order chi connectivity index (χ0) is 11.8. The molecule has 0 bridgehead atoms. The minimum atomic E-state index is 0.682. The van der Waals surface area contributed by atoms with Crippen molar-refractivity contribution >= 4 is 23.3 Å². The van der Waals surface area contributed by atoms with Gasteiger partial charge < -0.3 is 5.32 Å². The van der Waals surface area contributed by atoms with Crippen LogP contribution in [0.5, 0.6) is 0 Å². The van der Waals surface area contributed by atoms with Crippen LogP contribution in [-0.4, -0.2) is 27.7 Å². The van der Waals surface area contributed by atoms with Crippen LogP contribution in [0.3, 0.4) is 0 Å². The monoisotopic (exact) mass is 259 g/mol. The van der Waals surface area contributed by atoms with Crippen LogP contribution in [0.1, 0.15) is 38.9 Å². The maximum absolute atomic E-state index is 4.34. The summed E-state index contributed by atoms with van der Waals surface area (Å²) in [6.45, 7) is 7.43. The van der Waals surface area contributed by atoms with Crippen molar-refractivity contribution in [3.05, 3.63) is 5.82 Å².